The molecule has 0 aliphatic rings. The quantitative estimate of drug-likeness (QED) is 0.439. The van der Waals surface area contributed by atoms with Gasteiger partial charge in [-0.25, -0.2) is 0 Å². The molecule has 15 heavy (non-hydrogen) atoms. The van der Waals surface area contributed by atoms with E-state index in [0.717, 1.165) is 19.1 Å². The fourth-order valence-corrected chi connectivity index (χ4v) is 1.58. The van der Waals surface area contributed by atoms with Gasteiger partial charge in [0, 0.05) is 6.92 Å². The van der Waals surface area contributed by atoms with Gasteiger partial charge in [-0.15, -0.1) is 0 Å². The molecular formula is C8H8O6S. The predicted molar refractivity (Wildman–Crippen MR) is 49.2 cm³/mol. The Hall–Kier alpha value is -1.60. The fraction of sp³-hybridized carbons (Fsp3) is 0.125. The van der Waals surface area contributed by atoms with E-state index < -0.39 is 32.5 Å². The summed E-state index contributed by atoms with van der Waals surface area (Å²) in [6.07, 6.45) is 0. The van der Waals surface area contributed by atoms with E-state index in [1.54, 1.807) is 0 Å². The minimum atomic E-state index is -4.54. The van der Waals surface area contributed by atoms with Crippen LogP contribution >= 0.6 is 0 Å². The second-order valence-electron chi connectivity index (χ2n) is 2.67. The van der Waals surface area contributed by atoms with Crippen molar-refractivity contribution >= 4 is 16.1 Å². The lowest BCUT2D eigenvalue weighted by molar-refractivity contribution is -0.132. The van der Waals surface area contributed by atoms with Crippen molar-refractivity contribution in [3.05, 3.63) is 18.2 Å². The van der Waals surface area contributed by atoms with Crippen LogP contribution in [0.15, 0.2) is 23.1 Å². The van der Waals surface area contributed by atoms with Crippen molar-refractivity contribution in [3.63, 3.8) is 0 Å². The molecule has 0 spiro atoms. The van der Waals surface area contributed by atoms with Crippen LogP contribution in [0.25, 0.3) is 0 Å². The number of rotatable bonds is 2. The maximum atomic E-state index is 10.8. The average Bonchev–Trinajstić information content (AvgIpc) is 2.05. The standard InChI is InChI=1S/C8H8O6S/c1-5(9)14-8-6(10)3-2-4-7(8)15(11,12)13/h2-4,10H,1H3,(H,11,12,13). The summed E-state index contributed by atoms with van der Waals surface area (Å²) in [4.78, 5) is 9.98. The molecule has 0 atom stereocenters. The first-order chi connectivity index (χ1) is 6.82. The summed E-state index contributed by atoms with van der Waals surface area (Å²) < 4.78 is 34.9. The highest BCUT2D eigenvalue weighted by Gasteiger charge is 2.20. The molecule has 6 nitrogen and oxygen atoms in total. The van der Waals surface area contributed by atoms with Crippen molar-refractivity contribution in [2.75, 3.05) is 0 Å². The SMILES string of the molecule is CC(=O)Oc1c(O)cccc1S(=O)(=O)O. The van der Waals surface area contributed by atoms with Gasteiger partial charge in [-0.05, 0) is 12.1 Å². The lowest BCUT2D eigenvalue weighted by atomic mass is 10.3. The lowest BCUT2D eigenvalue weighted by Crippen LogP contribution is -2.07. The largest absolute Gasteiger partial charge is 0.504 e. The normalized spacial score (nSPS) is 11.1. The zero-order chi connectivity index (χ0) is 11.6. The van der Waals surface area contributed by atoms with Gasteiger partial charge in [0.25, 0.3) is 10.1 Å². The third-order valence-corrected chi connectivity index (χ3v) is 2.36. The van der Waals surface area contributed by atoms with Crippen molar-refractivity contribution in [2.24, 2.45) is 0 Å². The zero-order valence-corrected chi connectivity index (χ0v) is 8.48. The fourth-order valence-electron chi connectivity index (χ4n) is 0.954. The molecule has 0 radical (unpaired) electrons. The number of esters is 1. The first kappa shape index (κ1) is 11.5. The van der Waals surface area contributed by atoms with Crippen LogP contribution < -0.4 is 4.74 Å². The molecule has 1 aromatic rings. The van der Waals surface area contributed by atoms with Crippen LogP contribution in [0.3, 0.4) is 0 Å². The zero-order valence-electron chi connectivity index (χ0n) is 7.67. The lowest BCUT2D eigenvalue weighted by Gasteiger charge is -2.07. The summed E-state index contributed by atoms with van der Waals surface area (Å²) in [6.45, 7) is 1.04. The van der Waals surface area contributed by atoms with E-state index in [2.05, 4.69) is 4.74 Å². The summed E-state index contributed by atoms with van der Waals surface area (Å²) in [5.74, 6) is -1.92. The van der Waals surface area contributed by atoms with E-state index in [-0.39, 0.29) is 0 Å². The number of carbonyl (C=O) groups excluding carboxylic acids is 1. The molecule has 0 bridgehead atoms. The van der Waals surface area contributed by atoms with Crippen molar-refractivity contribution < 1.29 is 27.6 Å². The molecule has 0 fully saturated rings. The molecule has 7 heteroatoms. The molecular weight excluding hydrogens is 224 g/mol. The molecule has 82 valence electrons. The number of phenolic OH excluding ortho intramolecular Hbond substituents is 1. The molecule has 1 aromatic carbocycles. The van der Waals surface area contributed by atoms with Gasteiger partial charge in [-0.2, -0.15) is 8.42 Å². The van der Waals surface area contributed by atoms with Crippen LogP contribution in [0.5, 0.6) is 11.5 Å². The van der Waals surface area contributed by atoms with Gasteiger partial charge in [0.15, 0.2) is 11.5 Å². The van der Waals surface area contributed by atoms with Crippen LogP contribution in [0.2, 0.25) is 0 Å². The Balaban J connectivity index is 3.40. The Morgan fingerprint density at radius 2 is 2.00 bits per heavy atom. The summed E-state index contributed by atoms with van der Waals surface area (Å²) in [6, 6.07) is 3.34. The van der Waals surface area contributed by atoms with Gasteiger partial charge in [0.1, 0.15) is 4.90 Å². The van der Waals surface area contributed by atoms with Gasteiger partial charge in [-0.1, -0.05) is 6.07 Å². The number of phenols is 1. The molecule has 0 amide bonds. The second-order valence-corrected chi connectivity index (χ2v) is 4.06. The van der Waals surface area contributed by atoms with Crippen LogP contribution in [-0.4, -0.2) is 24.0 Å². The van der Waals surface area contributed by atoms with Gasteiger partial charge in [0.05, 0.1) is 0 Å². The highest BCUT2D eigenvalue weighted by molar-refractivity contribution is 7.86. The third-order valence-electron chi connectivity index (χ3n) is 1.48. The van der Waals surface area contributed by atoms with Gasteiger partial charge in [0.2, 0.25) is 0 Å². The Morgan fingerprint density at radius 3 is 2.47 bits per heavy atom. The number of ether oxygens (including phenoxy) is 1. The van der Waals surface area contributed by atoms with E-state index >= 15 is 0 Å². The second kappa shape index (κ2) is 3.87. The summed E-state index contributed by atoms with van der Waals surface area (Å²) in [5, 5.41) is 9.25. The van der Waals surface area contributed by atoms with Gasteiger partial charge in [-0.3, -0.25) is 9.35 Å². The maximum Gasteiger partial charge on any atom is 0.308 e. The number of para-hydroxylation sites is 1. The minimum Gasteiger partial charge on any atom is -0.504 e. The van der Waals surface area contributed by atoms with Crippen LogP contribution in [0.1, 0.15) is 6.92 Å². The van der Waals surface area contributed by atoms with Crippen molar-refractivity contribution in [2.45, 2.75) is 11.8 Å². The molecule has 0 heterocycles. The molecule has 0 unspecified atom stereocenters. The third kappa shape index (κ3) is 2.67. The molecule has 0 saturated heterocycles. The molecule has 1 rings (SSSR count). The molecule has 2 N–H and O–H groups in total. The highest BCUT2D eigenvalue weighted by Crippen LogP contribution is 2.33. The number of benzene rings is 1. The van der Waals surface area contributed by atoms with Gasteiger partial charge >= 0.3 is 5.97 Å². The highest BCUT2D eigenvalue weighted by atomic mass is 32.2. The van der Waals surface area contributed by atoms with E-state index in [9.17, 15) is 18.3 Å². The number of carbonyl (C=O) groups is 1. The molecule has 0 aliphatic heterocycles. The topological polar surface area (TPSA) is 101 Å². The molecule has 0 saturated carbocycles. The monoisotopic (exact) mass is 232 g/mol. The minimum absolute atomic E-state index is 0.541. The Labute approximate surface area is 85.9 Å². The first-order valence-electron chi connectivity index (χ1n) is 3.80. The smallest absolute Gasteiger partial charge is 0.308 e. The van der Waals surface area contributed by atoms with Crippen molar-refractivity contribution in [1.29, 1.82) is 0 Å². The van der Waals surface area contributed by atoms with E-state index in [4.69, 9.17) is 4.55 Å². The maximum absolute atomic E-state index is 10.8. The Kier molecular flexibility index (Phi) is 2.96. The number of hydrogen-bond donors (Lipinski definition) is 2. The van der Waals surface area contributed by atoms with E-state index in [1.807, 2.05) is 0 Å². The molecule has 0 aliphatic carbocycles. The Bertz CT molecular complexity index is 490. The number of hydrogen-bond acceptors (Lipinski definition) is 5. The van der Waals surface area contributed by atoms with Crippen LogP contribution in [0, 0.1) is 0 Å². The molecule has 0 aromatic heterocycles. The summed E-state index contributed by atoms with van der Waals surface area (Å²) in [5.41, 5.74) is 0. The summed E-state index contributed by atoms with van der Waals surface area (Å²) >= 11 is 0. The van der Waals surface area contributed by atoms with Gasteiger partial charge < -0.3 is 9.84 Å². The van der Waals surface area contributed by atoms with Crippen molar-refractivity contribution in [3.8, 4) is 11.5 Å². The van der Waals surface area contributed by atoms with Crippen molar-refractivity contribution in [1.82, 2.24) is 0 Å². The summed E-state index contributed by atoms with van der Waals surface area (Å²) in [7, 11) is -4.54. The van der Waals surface area contributed by atoms with E-state index in [1.165, 1.54) is 6.07 Å². The van der Waals surface area contributed by atoms with Crippen LogP contribution in [-0.2, 0) is 14.9 Å². The average molecular weight is 232 g/mol. The first-order valence-corrected chi connectivity index (χ1v) is 5.24. The predicted octanol–water partition coefficient (Wildman–Crippen LogP) is 0.564. The number of aromatic hydroxyl groups is 1. The van der Waals surface area contributed by atoms with Crippen LogP contribution in [0.4, 0.5) is 0 Å². The Morgan fingerprint density at radius 1 is 1.40 bits per heavy atom. The van der Waals surface area contributed by atoms with E-state index in [0.29, 0.717) is 0 Å².